The third-order valence-electron chi connectivity index (χ3n) is 4.56. The Hall–Kier alpha value is -3.37. The van der Waals surface area contributed by atoms with Crippen LogP contribution in [0, 0.1) is 16.7 Å². The average Bonchev–Trinajstić information content (AvgIpc) is 2.71. The van der Waals surface area contributed by atoms with Crippen molar-refractivity contribution in [3.63, 3.8) is 0 Å². The van der Waals surface area contributed by atoms with Gasteiger partial charge in [-0.05, 0) is 49.6 Å². The molecule has 1 aromatic carbocycles. The molecule has 1 aromatic rings. The van der Waals surface area contributed by atoms with Gasteiger partial charge in [0.15, 0.2) is 0 Å². The number of carbonyl (C=O) groups excluding carboxylic acids is 2. The average molecular weight is 454 g/mol. The first kappa shape index (κ1) is 24.9. The quantitative estimate of drug-likeness (QED) is 0.333. The number of carbonyl (C=O) groups is 2. The molecule has 1 aliphatic rings. The first-order chi connectivity index (χ1) is 15.1. The number of alkyl halides is 3. The van der Waals surface area contributed by atoms with E-state index in [1.165, 1.54) is 24.3 Å². The summed E-state index contributed by atoms with van der Waals surface area (Å²) in [5.74, 6) is -1.83. The maximum absolute atomic E-state index is 12.3. The molecule has 11 heteroatoms. The Morgan fingerprint density at radius 1 is 1.28 bits per heavy atom. The van der Waals surface area contributed by atoms with Gasteiger partial charge in [0.1, 0.15) is 17.4 Å². The van der Waals surface area contributed by atoms with E-state index in [1.807, 2.05) is 0 Å². The van der Waals surface area contributed by atoms with Crippen molar-refractivity contribution in [3.8, 4) is 5.75 Å². The summed E-state index contributed by atoms with van der Waals surface area (Å²) >= 11 is 0. The smallest absolute Gasteiger partial charge is 0.466 e. The zero-order chi connectivity index (χ0) is 23.7. The standard InChI is InChI=1S/C21H25F3N4O4/c1-2-31-20(30)15-6-4-10-28(13-15)18(26)9-8-17(25)27-19(29)12-14-5-3-7-16(11-14)32-21(22,23)24/h3,5,7-9,11,15,26H,2,4,6,10,12-13H2,1H3,(H2,25,27,29)/b9-8-,26-18?. The lowest BCUT2D eigenvalue weighted by atomic mass is 9.98. The van der Waals surface area contributed by atoms with Crippen molar-refractivity contribution in [1.82, 2.24) is 10.2 Å². The number of hydrogen-bond acceptors (Lipinski definition) is 6. The summed E-state index contributed by atoms with van der Waals surface area (Å²) < 4.78 is 45.8. The van der Waals surface area contributed by atoms with E-state index in [2.05, 4.69) is 10.1 Å². The topological polar surface area (TPSA) is 116 Å². The molecule has 1 atom stereocenters. The highest BCUT2D eigenvalue weighted by Crippen LogP contribution is 2.23. The van der Waals surface area contributed by atoms with Crippen LogP contribution < -0.4 is 10.1 Å². The van der Waals surface area contributed by atoms with E-state index in [-0.39, 0.29) is 35.5 Å². The fraction of sp³-hybridized carbons (Fsp3) is 0.429. The van der Waals surface area contributed by atoms with Gasteiger partial charge in [-0.2, -0.15) is 0 Å². The summed E-state index contributed by atoms with van der Waals surface area (Å²) in [4.78, 5) is 25.7. The molecule has 2 rings (SSSR count). The number of hydrogen-bond donors (Lipinski definition) is 3. The van der Waals surface area contributed by atoms with Gasteiger partial charge < -0.3 is 19.7 Å². The van der Waals surface area contributed by atoms with Crippen LogP contribution in [0.25, 0.3) is 0 Å². The molecule has 0 radical (unpaired) electrons. The molecule has 0 spiro atoms. The molecule has 1 unspecified atom stereocenters. The van der Waals surface area contributed by atoms with E-state index in [4.69, 9.17) is 15.6 Å². The van der Waals surface area contributed by atoms with Gasteiger partial charge in [-0.25, -0.2) is 0 Å². The normalized spacial score (nSPS) is 16.5. The molecular formula is C21H25F3N4O4. The molecular weight excluding hydrogens is 429 g/mol. The molecule has 1 heterocycles. The van der Waals surface area contributed by atoms with Gasteiger partial charge in [0, 0.05) is 13.1 Å². The molecule has 174 valence electrons. The van der Waals surface area contributed by atoms with Gasteiger partial charge >= 0.3 is 12.3 Å². The van der Waals surface area contributed by atoms with Gasteiger partial charge in [0.25, 0.3) is 0 Å². The van der Waals surface area contributed by atoms with Crippen LogP contribution in [0.3, 0.4) is 0 Å². The third kappa shape index (κ3) is 8.40. The number of rotatable bonds is 7. The van der Waals surface area contributed by atoms with Crippen LogP contribution in [-0.4, -0.2) is 54.5 Å². The zero-order valence-electron chi connectivity index (χ0n) is 17.5. The second-order valence-electron chi connectivity index (χ2n) is 7.09. The predicted octanol–water partition coefficient (Wildman–Crippen LogP) is 3.03. The molecule has 0 aromatic heterocycles. The van der Waals surface area contributed by atoms with Crippen molar-refractivity contribution in [3.05, 3.63) is 42.0 Å². The first-order valence-electron chi connectivity index (χ1n) is 9.98. The van der Waals surface area contributed by atoms with Crippen LogP contribution in [0.15, 0.2) is 36.4 Å². The Labute approximate surface area is 183 Å². The lowest BCUT2D eigenvalue weighted by molar-refractivity contribution is -0.274. The van der Waals surface area contributed by atoms with Gasteiger partial charge in [0.05, 0.1) is 18.9 Å². The van der Waals surface area contributed by atoms with E-state index < -0.39 is 18.0 Å². The number of halogens is 3. The molecule has 1 saturated heterocycles. The van der Waals surface area contributed by atoms with Crippen LogP contribution >= 0.6 is 0 Å². The zero-order valence-corrected chi connectivity index (χ0v) is 17.5. The summed E-state index contributed by atoms with van der Waals surface area (Å²) in [6.07, 6.45) is -1.09. The van der Waals surface area contributed by atoms with E-state index in [9.17, 15) is 22.8 Å². The Balaban J connectivity index is 1.85. The summed E-state index contributed by atoms with van der Waals surface area (Å²) in [7, 11) is 0. The maximum Gasteiger partial charge on any atom is 0.573 e. The van der Waals surface area contributed by atoms with Crippen LogP contribution in [0.1, 0.15) is 25.3 Å². The Bertz CT molecular complexity index is 886. The fourth-order valence-electron chi connectivity index (χ4n) is 3.19. The molecule has 8 nitrogen and oxygen atoms in total. The Morgan fingerprint density at radius 3 is 2.72 bits per heavy atom. The number of amides is 1. The number of amidine groups is 2. The SMILES string of the molecule is CCOC(=O)C1CCCN(C(=N)/C=C\C(=N)NC(=O)Cc2cccc(OC(F)(F)F)c2)C1. The largest absolute Gasteiger partial charge is 0.573 e. The molecule has 1 aliphatic heterocycles. The first-order valence-corrected chi connectivity index (χ1v) is 9.98. The van der Waals surface area contributed by atoms with Crippen LogP contribution in [0.5, 0.6) is 5.75 Å². The number of nitrogens with one attached hydrogen (secondary N) is 3. The van der Waals surface area contributed by atoms with Crippen molar-refractivity contribution < 1.29 is 32.2 Å². The highest BCUT2D eigenvalue weighted by molar-refractivity contribution is 6.06. The van der Waals surface area contributed by atoms with Gasteiger partial charge in [-0.15, -0.1) is 13.2 Å². The summed E-state index contributed by atoms with van der Waals surface area (Å²) in [6.45, 7) is 2.96. The monoisotopic (exact) mass is 454 g/mol. The maximum atomic E-state index is 12.3. The molecule has 0 aliphatic carbocycles. The summed E-state index contributed by atoms with van der Waals surface area (Å²) in [6, 6.07) is 5.02. The van der Waals surface area contributed by atoms with Crippen molar-refractivity contribution >= 4 is 23.5 Å². The Kier molecular flexibility index (Phi) is 8.80. The predicted molar refractivity (Wildman–Crippen MR) is 110 cm³/mol. The number of nitrogens with zero attached hydrogens (tertiary/aromatic N) is 1. The van der Waals surface area contributed by atoms with Crippen LogP contribution in [-0.2, 0) is 20.7 Å². The van der Waals surface area contributed by atoms with Crippen LogP contribution in [0.4, 0.5) is 13.2 Å². The van der Waals surface area contributed by atoms with E-state index >= 15 is 0 Å². The van der Waals surface area contributed by atoms with Gasteiger partial charge in [-0.3, -0.25) is 20.4 Å². The number of likely N-dealkylation sites (tertiary alicyclic amines) is 1. The summed E-state index contributed by atoms with van der Waals surface area (Å²) in [5.41, 5.74) is 0.284. The van der Waals surface area contributed by atoms with E-state index in [0.717, 1.165) is 18.6 Å². The molecule has 1 fully saturated rings. The minimum atomic E-state index is -4.83. The minimum absolute atomic E-state index is 0.0926. The van der Waals surface area contributed by atoms with Crippen molar-refractivity contribution in [2.45, 2.75) is 32.5 Å². The second kappa shape index (κ2) is 11.3. The minimum Gasteiger partial charge on any atom is -0.466 e. The fourth-order valence-corrected chi connectivity index (χ4v) is 3.19. The number of esters is 1. The van der Waals surface area contributed by atoms with E-state index in [1.54, 1.807) is 11.8 Å². The lowest BCUT2D eigenvalue weighted by Crippen LogP contribution is -2.42. The van der Waals surface area contributed by atoms with Gasteiger partial charge in [0.2, 0.25) is 5.91 Å². The molecule has 1 amide bonds. The number of benzene rings is 1. The third-order valence-corrected chi connectivity index (χ3v) is 4.56. The van der Waals surface area contributed by atoms with E-state index in [0.29, 0.717) is 26.1 Å². The number of piperidine rings is 1. The summed E-state index contributed by atoms with van der Waals surface area (Å²) in [5, 5.41) is 18.3. The van der Waals surface area contributed by atoms with Crippen LogP contribution in [0.2, 0.25) is 0 Å². The number of ether oxygens (including phenoxy) is 2. The highest BCUT2D eigenvalue weighted by Gasteiger charge is 2.31. The van der Waals surface area contributed by atoms with Crippen molar-refractivity contribution in [2.24, 2.45) is 5.92 Å². The molecule has 0 saturated carbocycles. The van der Waals surface area contributed by atoms with Crippen molar-refractivity contribution in [1.29, 1.82) is 10.8 Å². The highest BCUT2D eigenvalue weighted by atomic mass is 19.4. The van der Waals surface area contributed by atoms with Gasteiger partial charge in [-0.1, -0.05) is 12.1 Å². The second-order valence-corrected chi connectivity index (χ2v) is 7.09. The lowest BCUT2D eigenvalue weighted by Gasteiger charge is -2.32. The molecule has 3 N–H and O–H groups in total. The molecule has 0 bridgehead atoms. The Morgan fingerprint density at radius 2 is 2.03 bits per heavy atom. The van der Waals surface area contributed by atoms with Crippen molar-refractivity contribution in [2.75, 3.05) is 19.7 Å². The molecule has 32 heavy (non-hydrogen) atoms.